The minimum Gasteiger partial charge on any atom is -0.492 e. The Balaban J connectivity index is 1.59. The van der Waals surface area contributed by atoms with Crippen molar-refractivity contribution in [1.29, 1.82) is 0 Å². The molecule has 0 aromatic heterocycles. The number of para-hydroxylation sites is 2. The van der Waals surface area contributed by atoms with E-state index in [1.54, 1.807) is 48.5 Å². The molecule has 2 amide bonds. The lowest BCUT2D eigenvalue weighted by molar-refractivity contribution is -0.140. The van der Waals surface area contributed by atoms with Gasteiger partial charge in [-0.2, -0.15) is 0 Å². The van der Waals surface area contributed by atoms with Crippen LogP contribution in [0.4, 0.5) is 5.69 Å². The fourth-order valence-electron chi connectivity index (χ4n) is 6.21. The van der Waals surface area contributed by atoms with E-state index in [1.165, 1.54) is 16.7 Å². The summed E-state index contributed by atoms with van der Waals surface area (Å²) in [5.41, 5.74) is 1.94. The number of anilines is 1. The molecule has 1 atom stereocenters. The van der Waals surface area contributed by atoms with Crippen LogP contribution in [-0.4, -0.2) is 56.6 Å². The molecule has 4 aromatic rings. The molecule has 1 N–H and O–H groups in total. The van der Waals surface area contributed by atoms with Gasteiger partial charge in [0.1, 0.15) is 18.3 Å². The second kappa shape index (κ2) is 17.9. The monoisotopic (exact) mass is 777 g/mol. The van der Waals surface area contributed by atoms with Crippen molar-refractivity contribution in [2.75, 3.05) is 23.7 Å². The largest absolute Gasteiger partial charge is 0.492 e. The smallest absolute Gasteiger partial charge is 0.264 e. The van der Waals surface area contributed by atoms with Crippen molar-refractivity contribution in [2.45, 2.75) is 73.9 Å². The van der Waals surface area contributed by atoms with E-state index in [4.69, 9.17) is 4.74 Å². The van der Waals surface area contributed by atoms with Crippen LogP contribution >= 0.6 is 27.7 Å². The van der Waals surface area contributed by atoms with Gasteiger partial charge in [0.05, 0.1) is 17.2 Å². The Morgan fingerprint density at radius 3 is 2.20 bits per heavy atom. The van der Waals surface area contributed by atoms with Crippen molar-refractivity contribution in [3.8, 4) is 5.75 Å². The molecule has 0 aliphatic heterocycles. The first-order valence-electron chi connectivity index (χ1n) is 17.0. The van der Waals surface area contributed by atoms with E-state index in [0.717, 1.165) is 56.9 Å². The Morgan fingerprint density at radius 1 is 0.880 bits per heavy atom. The average molecular weight is 779 g/mol. The SMILES string of the molecule is CCOc1ccccc1N(CC(=O)N(Cc1ccc(Br)cc1)[C@@H](Cc1ccccc1)C(=O)NC1CCCCC1)S(=O)(=O)c1ccc(SC)cc1. The molecule has 264 valence electrons. The number of carbonyl (C=O) groups is 2. The summed E-state index contributed by atoms with van der Waals surface area (Å²) < 4.78 is 36.9. The van der Waals surface area contributed by atoms with E-state index < -0.39 is 28.5 Å². The van der Waals surface area contributed by atoms with Crippen molar-refractivity contribution in [2.24, 2.45) is 0 Å². The van der Waals surface area contributed by atoms with Gasteiger partial charge in [-0.25, -0.2) is 8.42 Å². The quantitative estimate of drug-likeness (QED) is 0.124. The number of hydrogen-bond acceptors (Lipinski definition) is 6. The number of amides is 2. The predicted octanol–water partition coefficient (Wildman–Crippen LogP) is 7.85. The fourth-order valence-corrected chi connectivity index (χ4v) is 8.31. The lowest BCUT2D eigenvalue weighted by Gasteiger charge is -2.35. The third kappa shape index (κ3) is 9.70. The average Bonchev–Trinajstić information content (AvgIpc) is 3.14. The van der Waals surface area contributed by atoms with Gasteiger partial charge in [0, 0.05) is 28.4 Å². The Bertz CT molecular complexity index is 1820. The van der Waals surface area contributed by atoms with Crippen LogP contribution in [0.3, 0.4) is 0 Å². The minimum absolute atomic E-state index is 0.0263. The first kappa shape index (κ1) is 37.5. The van der Waals surface area contributed by atoms with E-state index in [-0.39, 0.29) is 35.5 Å². The van der Waals surface area contributed by atoms with Crippen molar-refractivity contribution in [3.05, 3.63) is 119 Å². The molecule has 4 aromatic carbocycles. The van der Waals surface area contributed by atoms with Crippen LogP contribution in [-0.2, 0) is 32.6 Å². The Hall–Kier alpha value is -3.80. The van der Waals surface area contributed by atoms with Gasteiger partial charge < -0.3 is 15.0 Å². The molecule has 1 saturated carbocycles. The van der Waals surface area contributed by atoms with Gasteiger partial charge in [-0.15, -0.1) is 11.8 Å². The van der Waals surface area contributed by atoms with Crippen LogP contribution < -0.4 is 14.4 Å². The zero-order valence-corrected chi connectivity index (χ0v) is 31.7. The number of carbonyl (C=O) groups excluding carboxylic acids is 2. The molecule has 0 bridgehead atoms. The number of sulfonamides is 1. The second-order valence-electron chi connectivity index (χ2n) is 12.3. The summed E-state index contributed by atoms with van der Waals surface area (Å²) in [5.74, 6) is -0.423. The van der Waals surface area contributed by atoms with Gasteiger partial charge in [-0.1, -0.05) is 89.8 Å². The number of nitrogens with one attached hydrogen (secondary N) is 1. The third-order valence-corrected chi connectivity index (χ3v) is 11.9. The Morgan fingerprint density at radius 2 is 1.54 bits per heavy atom. The van der Waals surface area contributed by atoms with E-state index in [9.17, 15) is 18.0 Å². The number of halogens is 1. The number of benzene rings is 4. The normalized spacial score (nSPS) is 14.1. The standard InChI is InChI=1S/C39H44BrN3O5S2/c1-3-48-37-17-11-10-16-35(37)43(50(46,47)34-24-22-33(49-2)23-25-34)28-38(44)42(27-30-18-20-31(40)21-19-30)36(26-29-12-6-4-7-13-29)39(45)41-32-14-8-5-9-15-32/h4,6-7,10-13,16-25,32,36H,3,5,8-9,14-15,26-28H2,1-2H3,(H,41,45)/t36-/m0/s1. The molecule has 5 rings (SSSR count). The van der Waals surface area contributed by atoms with Gasteiger partial charge in [0.15, 0.2) is 0 Å². The summed E-state index contributed by atoms with van der Waals surface area (Å²) in [7, 11) is -4.26. The van der Waals surface area contributed by atoms with Gasteiger partial charge >= 0.3 is 0 Å². The number of nitrogens with zero attached hydrogens (tertiary/aromatic N) is 2. The van der Waals surface area contributed by atoms with E-state index in [2.05, 4.69) is 21.2 Å². The number of rotatable bonds is 15. The van der Waals surface area contributed by atoms with Crippen molar-refractivity contribution >= 4 is 55.2 Å². The van der Waals surface area contributed by atoms with E-state index in [0.29, 0.717) is 12.4 Å². The van der Waals surface area contributed by atoms with E-state index in [1.807, 2.05) is 67.8 Å². The van der Waals surface area contributed by atoms with Crippen molar-refractivity contribution < 1.29 is 22.7 Å². The molecule has 0 spiro atoms. The summed E-state index contributed by atoms with van der Waals surface area (Å²) >= 11 is 5.00. The molecule has 0 heterocycles. The predicted molar refractivity (Wildman–Crippen MR) is 204 cm³/mol. The second-order valence-corrected chi connectivity index (χ2v) is 15.9. The van der Waals surface area contributed by atoms with Crippen LogP contribution in [0.25, 0.3) is 0 Å². The Labute approximate surface area is 308 Å². The number of ether oxygens (including phenoxy) is 1. The molecule has 0 unspecified atom stereocenters. The molecule has 1 aliphatic rings. The third-order valence-electron chi connectivity index (χ3n) is 8.85. The molecule has 0 saturated heterocycles. The summed E-state index contributed by atoms with van der Waals surface area (Å²) in [5, 5.41) is 3.25. The highest BCUT2D eigenvalue weighted by molar-refractivity contribution is 9.10. The van der Waals surface area contributed by atoms with Crippen LogP contribution in [0.2, 0.25) is 0 Å². The zero-order chi connectivity index (χ0) is 35.5. The van der Waals surface area contributed by atoms with Crippen LogP contribution in [0.1, 0.15) is 50.2 Å². The van der Waals surface area contributed by atoms with E-state index >= 15 is 0 Å². The number of thioether (sulfide) groups is 1. The maximum Gasteiger partial charge on any atom is 0.264 e. The molecule has 1 aliphatic carbocycles. The van der Waals surface area contributed by atoms with Crippen LogP contribution in [0, 0.1) is 0 Å². The lowest BCUT2D eigenvalue weighted by atomic mass is 9.94. The highest BCUT2D eigenvalue weighted by Crippen LogP contribution is 2.33. The topological polar surface area (TPSA) is 96.0 Å². The summed E-state index contributed by atoms with van der Waals surface area (Å²) in [4.78, 5) is 31.7. The van der Waals surface area contributed by atoms with Gasteiger partial charge in [0.2, 0.25) is 11.8 Å². The Kier molecular flexibility index (Phi) is 13.4. The maximum atomic E-state index is 14.9. The molecule has 8 nitrogen and oxygen atoms in total. The molecule has 50 heavy (non-hydrogen) atoms. The lowest BCUT2D eigenvalue weighted by Crippen LogP contribution is -2.55. The van der Waals surface area contributed by atoms with Crippen molar-refractivity contribution in [3.63, 3.8) is 0 Å². The van der Waals surface area contributed by atoms with Gasteiger partial charge in [-0.3, -0.25) is 13.9 Å². The van der Waals surface area contributed by atoms with Crippen LogP contribution in [0.5, 0.6) is 5.75 Å². The molecular weight excluding hydrogens is 734 g/mol. The van der Waals surface area contributed by atoms with Crippen molar-refractivity contribution in [1.82, 2.24) is 10.2 Å². The highest BCUT2D eigenvalue weighted by Gasteiger charge is 2.36. The fraction of sp³-hybridized carbons (Fsp3) is 0.333. The maximum absolute atomic E-state index is 14.9. The highest BCUT2D eigenvalue weighted by atomic mass is 79.9. The van der Waals surface area contributed by atoms with Crippen LogP contribution in [0.15, 0.2) is 117 Å². The molecular formula is C39H44BrN3O5S2. The number of hydrogen-bond donors (Lipinski definition) is 1. The molecule has 1 fully saturated rings. The molecule has 11 heteroatoms. The summed E-state index contributed by atoms with van der Waals surface area (Å²) in [6.45, 7) is 1.68. The summed E-state index contributed by atoms with van der Waals surface area (Å²) in [6, 6.07) is 29.7. The minimum atomic E-state index is -4.26. The summed E-state index contributed by atoms with van der Waals surface area (Å²) in [6.07, 6.45) is 7.18. The molecule has 0 radical (unpaired) electrons. The first-order chi connectivity index (χ1) is 24.2. The zero-order valence-electron chi connectivity index (χ0n) is 28.5. The van der Waals surface area contributed by atoms with Gasteiger partial charge in [0.25, 0.3) is 10.0 Å². The first-order valence-corrected chi connectivity index (χ1v) is 20.4. The van der Waals surface area contributed by atoms with Gasteiger partial charge in [-0.05, 0) is 85.7 Å².